The molecular formula is C24H27N7. The lowest BCUT2D eigenvalue weighted by molar-refractivity contribution is 0.302. The normalized spacial score (nSPS) is 19.7. The fraction of sp³-hybridized carbons (Fsp3) is 0.417. The summed E-state index contributed by atoms with van der Waals surface area (Å²) >= 11 is 0. The Balaban J connectivity index is 1.28. The van der Waals surface area contributed by atoms with Crippen LogP contribution in [0.25, 0.3) is 11.3 Å². The SMILES string of the molecule is c1ccc2c(c1)-c1nc(N3CCN(c4cnccn4)CC3)ncc1CC21CCNCC1. The van der Waals surface area contributed by atoms with Gasteiger partial charge in [-0.1, -0.05) is 24.3 Å². The third-order valence-electron chi connectivity index (χ3n) is 7.13. The van der Waals surface area contributed by atoms with Crippen molar-refractivity contribution in [1.82, 2.24) is 25.3 Å². The average molecular weight is 414 g/mol. The Morgan fingerprint density at radius 3 is 2.48 bits per heavy atom. The van der Waals surface area contributed by atoms with Crippen LogP contribution in [0.5, 0.6) is 0 Å². The molecule has 158 valence electrons. The maximum atomic E-state index is 5.11. The van der Waals surface area contributed by atoms with E-state index in [1.54, 1.807) is 12.4 Å². The van der Waals surface area contributed by atoms with E-state index in [1.165, 1.54) is 29.5 Å². The predicted octanol–water partition coefficient (Wildman–Crippen LogP) is 2.44. The van der Waals surface area contributed by atoms with Crippen LogP contribution in [0.3, 0.4) is 0 Å². The number of rotatable bonds is 2. The van der Waals surface area contributed by atoms with Gasteiger partial charge in [-0.25, -0.2) is 15.0 Å². The van der Waals surface area contributed by atoms with E-state index in [9.17, 15) is 0 Å². The van der Waals surface area contributed by atoms with Gasteiger partial charge in [-0.3, -0.25) is 4.98 Å². The van der Waals surface area contributed by atoms with Gasteiger partial charge in [0.2, 0.25) is 5.95 Å². The van der Waals surface area contributed by atoms with Gasteiger partial charge < -0.3 is 15.1 Å². The van der Waals surface area contributed by atoms with E-state index in [0.29, 0.717) is 0 Å². The Kier molecular flexibility index (Phi) is 4.56. The Hall–Kier alpha value is -3.06. The Morgan fingerprint density at radius 2 is 1.68 bits per heavy atom. The second kappa shape index (κ2) is 7.57. The van der Waals surface area contributed by atoms with Crippen molar-refractivity contribution in [3.63, 3.8) is 0 Å². The number of benzene rings is 1. The zero-order valence-corrected chi connectivity index (χ0v) is 17.7. The van der Waals surface area contributed by atoms with Crippen molar-refractivity contribution in [2.45, 2.75) is 24.7 Å². The third-order valence-corrected chi connectivity index (χ3v) is 7.13. The van der Waals surface area contributed by atoms with E-state index >= 15 is 0 Å². The number of fused-ring (bicyclic) bond motifs is 4. The van der Waals surface area contributed by atoms with Crippen molar-refractivity contribution >= 4 is 11.8 Å². The molecule has 1 spiro atoms. The summed E-state index contributed by atoms with van der Waals surface area (Å²) in [4.78, 5) is 23.1. The lowest BCUT2D eigenvalue weighted by atomic mass is 9.64. The third kappa shape index (κ3) is 3.24. The number of piperidine rings is 1. The highest BCUT2D eigenvalue weighted by atomic mass is 15.3. The minimum Gasteiger partial charge on any atom is -0.352 e. The molecule has 7 heteroatoms. The molecule has 2 saturated heterocycles. The van der Waals surface area contributed by atoms with Gasteiger partial charge in [0.25, 0.3) is 0 Å². The number of nitrogens with one attached hydrogen (secondary N) is 1. The van der Waals surface area contributed by atoms with Crippen LogP contribution in [0.15, 0.2) is 49.1 Å². The number of hydrogen-bond donors (Lipinski definition) is 1. The summed E-state index contributed by atoms with van der Waals surface area (Å²) < 4.78 is 0. The fourth-order valence-corrected chi connectivity index (χ4v) is 5.47. The van der Waals surface area contributed by atoms with Crippen LogP contribution in [0, 0.1) is 0 Å². The molecule has 2 aliphatic heterocycles. The second-order valence-corrected chi connectivity index (χ2v) is 8.83. The molecular weight excluding hydrogens is 386 g/mol. The summed E-state index contributed by atoms with van der Waals surface area (Å²) in [6.45, 7) is 5.72. The fourth-order valence-electron chi connectivity index (χ4n) is 5.47. The van der Waals surface area contributed by atoms with Gasteiger partial charge in [-0.2, -0.15) is 0 Å². The van der Waals surface area contributed by atoms with E-state index in [0.717, 1.165) is 63.1 Å². The monoisotopic (exact) mass is 413 g/mol. The lowest BCUT2D eigenvalue weighted by Gasteiger charge is -2.43. The molecule has 0 saturated carbocycles. The Labute approximate surface area is 182 Å². The van der Waals surface area contributed by atoms with Crippen molar-refractivity contribution in [2.75, 3.05) is 49.1 Å². The highest BCUT2D eigenvalue weighted by Crippen LogP contribution is 2.47. The number of anilines is 2. The molecule has 0 atom stereocenters. The molecule has 3 aliphatic rings. The first kappa shape index (κ1) is 18.7. The van der Waals surface area contributed by atoms with Crippen molar-refractivity contribution in [3.8, 4) is 11.3 Å². The van der Waals surface area contributed by atoms with Gasteiger partial charge in [-0.15, -0.1) is 0 Å². The molecule has 2 fully saturated rings. The van der Waals surface area contributed by atoms with Gasteiger partial charge >= 0.3 is 0 Å². The smallest absolute Gasteiger partial charge is 0.225 e. The van der Waals surface area contributed by atoms with Crippen LogP contribution in [0.1, 0.15) is 24.0 Å². The van der Waals surface area contributed by atoms with Gasteiger partial charge in [0.1, 0.15) is 5.82 Å². The molecule has 2 aromatic heterocycles. The summed E-state index contributed by atoms with van der Waals surface area (Å²) in [5.41, 5.74) is 5.42. The molecule has 6 rings (SSSR count). The Morgan fingerprint density at radius 1 is 0.871 bits per heavy atom. The molecule has 1 aliphatic carbocycles. The topological polar surface area (TPSA) is 70.1 Å². The molecule has 7 nitrogen and oxygen atoms in total. The first-order chi connectivity index (χ1) is 15.3. The first-order valence-corrected chi connectivity index (χ1v) is 11.2. The standard InChI is InChI=1S/C24H27N7/c1-2-4-20-19(3-1)22-18(15-24(20)5-7-25-8-6-24)16-28-23(29-22)31-13-11-30(12-14-31)21-17-26-9-10-27-21/h1-4,9-10,16-17,25H,5-8,11-15H2. The van der Waals surface area contributed by atoms with Gasteiger partial charge in [0, 0.05) is 55.7 Å². The molecule has 0 unspecified atom stereocenters. The highest BCUT2D eigenvalue weighted by molar-refractivity contribution is 5.72. The number of piperazine rings is 1. The molecule has 0 bridgehead atoms. The minimum atomic E-state index is 0.224. The van der Waals surface area contributed by atoms with E-state index in [1.807, 2.05) is 6.20 Å². The molecule has 0 amide bonds. The first-order valence-electron chi connectivity index (χ1n) is 11.2. The van der Waals surface area contributed by atoms with Crippen LogP contribution in [0.4, 0.5) is 11.8 Å². The summed E-state index contributed by atoms with van der Waals surface area (Å²) in [7, 11) is 0. The molecule has 31 heavy (non-hydrogen) atoms. The second-order valence-electron chi connectivity index (χ2n) is 8.83. The minimum absolute atomic E-state index is 0.224. The van der Waals surface area contributed by atoms with Crippen molar-refractivity contribution in [2.24, 2.45) is 0 Å². The van der Waals surface area contributed by atoms with Gasteiger partial charge in [0.05, 0.1) is 11.9 Å². The van der Waals surface area contributed by atoms with E-state index in [4.69, 9.17) is 9.97 Å². The number of hydrogen-bond acceptors (Lipinski definition) is 7. The number of nitrogens with zero attached hydrogens (tertiary/aromatic N) is 6. The van der Waals surface area contributed by atoms with Crippen molar-refractivity contribution in [3.05, 3.63) is 60.2 Å². The summed E-state index contributed by atoms with van der Waals surface area (Å²) in [5, 5.41) is 3.53. The quantitative estimate of drug-likeness (QED) is 0.692. The van der Waals surface area contributed by atoms with Crippen LogP contribution in [-0.2, 0) is 11.8 Å². The van der Waals surface area contributed by atoms with Crippen LogP contribution in [0.2, 0.25) is 0 Å². The van der Waals surface area contributed by atoms with E-state index < -0.39 is 0 Å². The number of aromatic nitrogens is 4. The largest absolute Gasteiger partial charge is 0.352 e. The average Bonchev–Trinajstić information content (AvgIpc) is 2.85. The Bertz CT molecular complexity index is 1070. The molecule has 1 aromatic carbocycles. The van der Waals surface area contributed by atoms with Gasteiger partial charge in [0.15, 0.2) is 0 Å². The maximum Gasteiger partial charge on any atom is 0.225 e. The van der Waals surface area contributed by atoms with Crippen LogP contribution < -0.4 is 15.1 Å². The molecule has 4 heterocycles. The van der Waals surface area contributed by atoms with E-state index in [2.05, 4.69) is 55.5 Å². The zero-order valence-electron chi connectivity index (χ0n) is 17.7. The van der Waals surface area contributed by atoms with Crippen LogP contribution >= 0.6 is 0 Å². The zero-order chi connectivity index (χ0) is 20.7. The summed E-state index contributed by atoms with van der Waals surface area (Å²) in [6.07, 6.45) is 10.8. The molecule has 3 aromatic rings. The molecule has 1 N–H and O–H groups in total. The van der Waals surface area contributed by atoms with Crippen LogP contribution in [-0.4, -0.2) is 59.2 Å². The summed E-state index contributed by atoms with van der Waals surface area (Å²) in [5.74, 6) is 1.78. The predicted molar refractivity (Wildman–Crippen MR) is 121 cm³/mol. The highest BCUT2D eigenvalue weighted by Gasteiger charge is 2.40. The van der Waals surface area contributed by atoms with E-state index in [-0.39, 0.29) is 5.41 Å². The maximum absolute atomic E-state index is 5.11. The lowest BCUT2D eigenvalue weighted by Crippen LogP contribution is -2.47. The summed E-state index contributed by atoms with van der Waals surface area (Å²) in [6, 6.07) is 8.90. The van der Waals surface area contributed by atoms with Crippen molar-refractivity contribution in [1.29, 1.82) is 0 Å². The van der Waals surface area contributed by atoms with Crippen molar-refractivity contribution < 1.29 is 0 Å². The molecule has 0 radical (unpaired) electrons. The van der Waals surface area contributed by atoms with Gasteiger partial charge in [-0.05, 0) is 43.5 Å².